The third kappa shape index (κ3) is 6.09. The fraction of sp³-hybridized carbons (Fsp3) is 0.400. The summed E-state index contributed by atoms with van der Waals surface area (Å²) in [5.74, 6) is 0.152. The van der Waals surface area contributed by atoms with Crippen molar-refractivity contribution in [3.63, 3.8) is 0 Å². The van der Waals surface area contributed by atoms with E-state index in [1.54, 1.807) is 29.2 Å². The summed E-state index contributed by atoms with van der Waals surface area (Å²) in [7, 11) is 0. The molecule has 1 atom stereocenters. The number of anilines is 2. The van der Waals surface area contributed by atoms with Crippen LogP contribution in [0.15, 0.2) is 42.5 Å². The molecule has 0 bridgehead atoms. The minimum atomic E-state index is -0.341. The number of amides is 3. The van der Waals surface area contributed by atoms with E-state index in [4.69, 9.17) is 4.74 Å². The van der Waals surface area contributed by atoms with Crippen molar-refractivity contribution >= 4 is 29.1 Å². The summed E-state index contributed by atoms with van der Waals surface area (Å²) in [6, 6.07) is 12.7. The number of carbonyl (C=O) groups is 3. The van der Waals surface area contributed by atoms with Gasteiger partial charge in [-0.15, -0.1) is 0 Å². The second-order valence-corrected chi connectivity index (χ2v) is 8.67. The highest BCUT2D eigenvalue weighted by atomic mass is 16.5. The molecule has 0 aromatic heterocycles. The Morgan fingerprint density at radius 1 is 1.09 bits per heavy atom. The lowest BCUT2D eigenvalue weighted by molar-refractivity contribution is -0.126. The van der Waals surface area contributed by atoms with Gasteiger partial charge in [-0.1, -0.05) is 19.9 Å². The summed E-state index contributed by atoms with van der Waals surface area (Å²) in [6.07, 6.45) is 0.209. The quantitative estimate of drug-likeness (QED) is 0.662. The number of nitrogens with zero attached hydrogens (tertiary/aromatic N) is 1. The average molecular weight is 438 g/mol. The van der Waals surface area contributed by atoms with E-state index in [-0.39, 0.29) is 36.7 Å². The third-order valence-electron chi connectivity index (χ3n) is 5.49. The molecule has 0 aliphatic carbocycles. The topological polar surface area (TPSA) is 87.7 Å². The van der Waals surface area contributed by atoms with Gasteiger partial charge in [0.25, 0.3) is 5.91 Å². The Morgan fingerprint density at radius 2 is 1.81 bits per heavy atom. The van der Waals surface area contributed by atoms with E-state index in [2.05, 4.69) is 10.6 Å². The van der Waals surface area contributed by atoms with Crippen molar-refractivity contribution < 1.29 is 19.1 Å². The maximum Gasteiger partial charge on any atom is 0.262 e. The molecule has 1 aliphatic heterocycles. The molecule has 1 heterocycles. The molecule has 1 aliphatic rings. The minimum Gasteiger partial charge on any atom is -0.484 e. The zero-order valence-corrected chi connectivity index (χ0v) is 19.1. The molecule has 3 amide bonds. The highest BCUT2D eigenvalue weighted by Gasteiger charge is 2.35. The van der Waals surface area contributed by atoms with Crippen molar-refractivity contribution in [2.45, 2.75) is 34.1 Å². The first-order valence-corrected chi connectivity index (χ1v) is 10.9. The maximum absolute atomic E-state index is 12.4. The number of hydrogen-bond donors (Lipinski definition) is 2. The molecule has 0 radical (unpaired) electrons. The normalized spacial score (nSPS) is 15.7. The number of carbonyl (C=O) groups excluding carboxylic acids is 3. The summed E-state index contributed by atoms with van der Waals surface area (Å²) >= 11 is 0. The summed E-state index contributed by atoms with van der Waals surface area (Å²) in [5, 5.41) is 5.72. The predicted octanol–water partition coefficient (Wildman–Crippen LogP) is 3.45. The molecular weight excluding hydrogens is 406 g/mol. The van der Waals surface area contributed by atoms with E-state index in [0.29, 0.717) is 30.4 Å². The molecule has 2 aromatic rings. The standard InChI is InChI=1S/C25H31N3O4/c1-16(2)13-26-25(31)19-12-24(30)28(14-19)21-7-9-22(10-8-21)32-15-23(29)27-20-6-5-17(3)18(4)11-20/h5-11,16,19H,12-15H2,1-4H3,(H,26,31)(H,27,29)/t19-/m0/s1. The molecule has 0 unspecified atom stereocenters. The second-order valence-electron chi connectivity index (χ2n) is 8.67. The van der Waals surface area contributed by atoms with Crippen LogP contribution in [0.25, 0.3) is 0 Å². The van der Waals surface area contributed by atoms with Gasteiger partial charge in [-0.05, 0) is 67.3 Å². The smallest absolute Gasteiger partial charge is 0.262 e. The lowest BCUT2D eigenvalue weighted by Gasteiger charge is -2.17. The van der Waals surface area contributed by atoms with Gasteiger partial charge in [0.05, 0.1) is 5.92 Å². The number of benzene rings is 2. The van der Waals surface area contributed by atoms with Crippen LogP contribution in [0.4, 0.5) is 11.4 Å². The highest BCUT2D eigenvalue weighted by molar-refractivity contribution is 6.00. The Balaban J connectivity index is 1.51. The fourth-order valence-electron chi connectivity index (χ4n) is 3.47. The molecule has 7 nitrogen and oxygen atoms in total. The number of hydrogen-bond acceptors (Lipinski definition) is 4. The molecule has 3 rings (SSSR count). The molecule has 7 heteroatoms. The van der Waals surface area contributed by atoms with Crippen molar-refractivity contribution in [3.8, 4) is 5.75 Å². The summed E-state index contributed by atoms with van der Waals surface area (Å²) < 4.78 is 5.57. The minimum absolute atomic E-state index is 0.0730. The van der Waals surface area contributed by atoms with Gasteiger partial charge in [-0.2, -0.15) is 0 Å². The molecule has 0 saturated carbocycles. The first-order chi connectivity index (χ1) is 15.2. The van der Waals surface area contributed by atoms with Crippen LogP contribution in [0.3, 0.4) is 0 Å². The SMILES string of the molecule is Cc1ccc(NC(=O)COc2ccc(N3C[C@@H](C(=O)NCC(C)C)CC3=O)cc2)cc1C. The Hall–Kier alpha value is -3.35. The van der Waals surface area contributed by atoms with E-state index in [0.717, 1.165) is 11.3 Å². The van der Waals surface area contributed by atoms with E-state index in [1.807, 2.05) is 45.9 Å². The monoisotopic (exact) mass is 437 g/mol. The maximum atomic E-state index is 12.4. The Morgan fingerprint density at radius 3 is 2.47 bits per heavy atom. The molecule has 1 fully saturated rings. The van der Waals surface area contributed by atoms with Crippen molar-refractivity contribution in [2.24, 2.45) is 11.8 Å². The number of aryl methyl sites for hydroxylation is 2. The van der Waals surface area contributed by atoms with Crippen LogP contribution in [-0.4, -0.2) is 37.4 Å². The second kappa shape index (κ2) is 10.3. The third-order valence-corrected chi connectivity index (χ3v) is 5.49. The predicted molar refractivity (Wildman–Crippen MR) is 125 cm³/mol. The molecule has 1 saturated heterocycles. The van der Waals surface area contributed by atoms with E-state index in [9.17, 15) is 14.4 Å². The van der Waals surface area contributed by atoms with Crippen LogP contribution in [-0.2, 0) is 14.4 Å². The van der Waals surface area contributed by atoms with Gasteiger partial charge in [0.15, 0.2) is 6.61 Å². The zero-order valence-electron chi connectivity index (χ0n) is 19.1. The number of nitrogens with one attached hydrogen (secondary N) is 2. The first kappa shape index (κ1) is 23.3. The molecule has 170 valence electrons. The average Bonchev–Trinajstić information content (AvgIpc) is 3.15. The number of rotatable bonds is 8. The van der Waals surface area contributed by atoms with Crippen LogP contribution in [0.1, 0.15) is 31.4 Å². The zero-order chi connectivity index (χ0) is 23.3. The molecule has 0 spiro atoms. The van der Waals surface area contributed by atoms with Gasteiger partial charge < -0.3 is 20.3 Å². The molecule has 32 heavy (non-hydrogen) atoms. The number of ether oxygens (including phenoxy) is 1. The van der Waals surface area contributed by atoms with Crippen LogP contribution < -0.4 is 20.3 Å². The van der Waals surface area contributed by atoms with Gasteiger partial charge in [0.1, 0.15) is 5.75 Å². The van der Waals surface area contributed by atoms with Crippen LogP contribution in [0.5, 0.6) is 5.75 Å². The molecular formula is C25H31N3O4. The lowest BCUT2D eigenvalue weighted by Crippen LogP contribution is -2.35. The van der Waals surface area contributed by atoms with Crippen LogP contribution in [0, 0.1) is 25.7 Å². The van der Waals surface area contributed by atoms with Crippen LogP contribution >= 0.6 is 0 Å². The van der Waals surface area contributed by atoms with E-state index >= 15 is 0 Å². The van der Waals surface area contributed by atoms with Crippen molar-refractivity contribution in [3.05, 3.63) is 53.6 Å². The fourth-order valence-corrected chi connectivity index (χ4v) is 3.47. The Kier molecular flexibility index (Phi) is 7.51. The Bertz CT molecular complexity index is 985. The summed E-state index contributed by atoms with van der Waals surface area (Å²) in [6.45, 7) is 8.92. The van der Waals surface area contributed by atoms with Crippen molar-refractivity contribution in [1.29, 1.82) is 0 Å². The van der Waals surface area contributed by atoms with Crippen LogP contribution in [0.2, 0.25) is 0 Å². The van der Waals surface area contributed by atoms with Gasteiger partial charge in [-0.3, -0.25) is 14.4 Å². The summed E-state index contributed by atoms with van der Waals surface area (Å²) in [4.78, 5) is 38.5. The molecule has 2 N–H and O–H groups in total. The lowest BCUT2D eigenvalue weighted by atomic mass is 10.1. The van der Waals surface area contributed by atoms with E-state index < -0.39 is 0 Å². The Labute approximate surface area is 189 Å². The van der Waals surface area contributed by atoms with Gasteiger partial charge in [-0.25, -0.2) is 0 Å². The van der Waals surface area contributed by atoms with Crippen molar-refractivity contribution in [2.75, 3.05) is 29.9 Å². The molecule has 2 aromatic carbocycles. The van der Waals surface area contributed by atoms with Gasteiger partial charge in [0, 0.05) is 30.9 Å². The highest BCUT2D eigenvalue weighted by Crippen LogP contribution is 2.27. The first-order valence-electron chi connectivity index (χ1n) is 10.9. The summed E-state index contributed by atoms with van der Waals surface area (Å²) in [5.41, 5.74) is 3.71. The van der Waals surface area contributed by atoms with Gasteiger partial charge in [0.2, 0.25) is 11.8 Å². The van der Waals surface area contributed by atoms with Gasteiger partial charge >= 0.3 is 0 Å². The van der Waals surface area contributed by atoms with E-state index in [1.165, 1.54) is 5.56 Å². The van der Waals surface area contributed by atoms with Crippen molar-refractivity contribution in [1.82, 2.24) is 5.32 Å². The largest absolute Gasteiger partial charge is 0.484 e.